The Morgan fingerprint density at radius 1 is 1.53 bits per heavy atom. The van der Waals surface area contributed by atoms with Crippen LogP contribution >= 0.6 is 11.6 Å². The van der Waals surface area contributed by atoms with Crippen molar-refractivity contribution in [2.24, 2.45) is 0 Å². The van der Waals surface area contributed by atoms with Crippen LogP contribution in [0.3, 0.4) is 0 Å². The van der Waals surface area contributed by atoms with E-state index in [-0.39, 0.29) is 6.54 Å². The molecule has 0 saturated heterocycles. The largest absolute Gasteiger partial charge is 0.480 e. The van der Waals surface area contributed by atoms with Crippen molar-refractivity contribution in [2.45, 2.75) is 6.54 Å². The van der Waals surface area contributed by atoms with Gasteiger partial charge in [-0.25, -0.2) is 0 Å². The summed E-state index contributed by atoms with van der Waals surface area (Å²) in [6.07, 6.45) is 3.59. The Morgan fingerprint density at radius 3 is 3.00 bits per heavy atom. The normalized spacial score (nSPS) is 11.1. The number of aromatic amines is 1. The summed E-state index contributed by atoms with van der Waals surface area (Å²) in [5.41, 5.74) is 2.01. The van der Waals surface area contributed by atoms with Gasteiger partial charge in [-0.2, -0.15) is 0 Å². The number of rotatable bonds is 6. The van der Waals surface area contributed by atoms with E-state index in [1.165, 1.54) is 0 Å². The van der Waals surface area contributed by atoms with Gasteiger partial charge in [0.1, 0.15) is 0 Å². The molecule has 4 nitrogen and oxygen atoms in total. The lowest BCUT2D eigenvalue weighted by atomic mass is 10.1. The number of hydrogen-bond donors (Lipinski definition) is 2. The zero-order valence-electron chi connectivity index (χ0n) is 10.4. The zero-order valence-corrected chi connectivity index (χ0v) is 11.2. The lowest BCUT2D eigenvalue weighted by Gasteiger charge is -2.17. The number of aliphatic carboxylic acids is 1. The number of nitrogens with one attached hydrogen (secondary N) is 1. The number of carbonyl (C=O) groups is 1. The summed E-state index contributed by atoms with van der Waals surface area (Å²) in [5.74, 6) is -0.843. The van der Waals surface area contributed by atoms with E-state index in [1.54, 1.807) is 6.08 Å². The summed E-state index contributed by atoms with van der Waals surface area (Å²) >= 11 is 5.93. The number of carboxylic acid groups (broad SMARTS) is 1. The van der Waals surface area contributed by atoms with Crippen molar-refractivity contribution < 1.29 is 9.90 Å². The van der Waals surface area contributed by atoms with E-state index in [0.717, 1.165) is 16.5 Å². The van der Waals surface area contributed by atoms with Gasteiger partial charge in [0.05, 0.1) is 6.54 Å². The van der Waals surface area contributed by atoms with Crippen LogP contribution in [0.2, 0.25) is 5.02 Å². The molecule has 100 valence electrons. The van der Waals surface area contributed by atoms with Gasteiger partial charge in [0, 0.05) is 35.2 Å². The smallest absolute Gasteiger partial charge is 0.317 e. The minimum atomic E-state index is -0.843. The maximum absolute atomic E-state index is 10.8. The second kappa shape index (κ2) is 5.91. The maximum Gasteiger partial charge on any atom is 0.317 e. The van der Waals surface area contributed by atoms with Crippen LogP contribution in [-0.2, 0) is 11.3 Å². The molecular formula is C14H15ClN2O2. The first-order chi connectivity index (χ1) is 9.10. The van der Waals surface area contributed by atoms with Gasteiger partial charge < -0.3 is 10.1 Å². The van der Waals surface area contributed by atoms with Gasteiger partial charge in [0.2, 0.25) is 0 Å². The molecule has 2 N–H and O–H groups in total. The molecule has 5 heteroatoms. The van der Waals surface area contributed by atoms with E-state index in [9.17, 15) is 4.79 Å². The average Bonchev–Trinajstić information content (AvgIpc) is 2.71. The van der Waals surface area contributed by atoms with Crippen molar-refractivity contribution in [1.29, 1.82) is 0 Å². The summed E-state index contributed by atoms with van der Waals surface area (Å²) in [6.45, 7) is 4.73. The Labute approximate surface area is 116 Å². The Kier molecular flexibility index (Phi) is 4.24. The van der Waals surface area contributed by atoms with E-state index < -0.39 is 5.97 Å². The molecule has 0 aliphatic carbocycles. The third-order valence-electron chi connectivity index (χ3n) is 2.87. The topological polar surface area (TPSA) is 56.3 Å². The molecule has 0 aliphatic rings. The summed E-state index contributed by atoms with van der Waals surface area (Å²) in [6, 6.07) is 5.63. The molecule has 2 rings (SSSR count). The van der Waals surface area contributed by atoms with Crippen LogP contribution in [0, 0.1) is 0 Å². The van der Waals surface area contributed by atoms with Crippen molar-refractivity contribution in [3.05, 3.63) is 47.6 Å². The predicted molar refractivity (Wildman–Crippen MR) is 76.4 cm³/mol. The van der Waals surface area contributed by atoms with Gasteiger partial charge in [-0.15, -0.1) is 6.58 Å². The summed E-state index contributed by atoms with van der Waals surface area (Å²) < 4.78 is 0. The second-order valence-corrected chi connectivity index (χ2v) is 4.79. The number of aromatic nitrogens is 1. The van der Waals surface area contributed by atoms with Crippen LogP contribution in [0.1, 0.15) is 5.56 Å². The molecule has 19 heavy (non-hydrogen) atoms. The fourth-order valence-corrected chi connectivity index (χ4v) is 2.26. The molecule has 0 saturated carbocycles. The summed E-state index contributed by atoms with van der Waals surface area (Å²) in [5, 5.41) is 10.6. The third kappa shape index (κ3) is 3.36. The molecule has 0 amide bonds. The fraction of sp³-hybridized carbons (Fsp3) is 0.214. The minimum Gasteiger partial charge on any atom is -0.480 e. The van der Waals surface area contributed by atoms with Crippen molar-refractivity contribution in [1.82, 2.24) is 9.88 Å². The lowest BCUT2D eigenvalue weighted by molar-refractivity contribution is -0.138. The van der Waals surface area contributed by atoms with E-state index in [0.29, 0.717) is 18.1 Å². The molecular weight excluding hydrogens is 264 g/mol. The minimum absolute atomic E-state index is 0.00766. The quantitative estimate of drug-likeness (QED) is 0.799. The Bertz CT molecular complexity index is 607. The SMILES string of the molecule is C=CCN(CC(=O)O)Cc1c[nH]c2cc(Cl)ccc12. The van der Waals surface area contributed by atoms with Crippen molar-refractivity contribution in [2.75, 3.05) is 13.1 Å². The van der Waals surface area contributed by atoms with Crippen molar-refractivity contribution in [3.63, 3.8) is 0 Å². The number of fused-ring (bicyclic) bond motifs is 1. The van der Waals surface area contributed by atoms with Gasteiger partial charge in [-0.3, -0.25) is 9.69 Å². The van der Waals surface area contributed by atoms with Crippen molar-refractivity contribution in [3.8, 4) is 0 Å². The second-order valence-electron chi connectivity index (χ2n) is 4.36. The summed E-state index contributed by atoms with van der Waals surface area (Å²) in [4.78, 5) is 15.8. The fourth-order valence-electron chi connectivity index (χ4n) is 2.09. The number of hydrogen-bond acceptors (Lipinski definition) is 2. The third-order valence-corrected chi connectivity index (χ3v) is 3.10. The van der Waals surface area contributed by atoms with Crippen LogP contribution < -0.4 is 0 Å². The van der Waals surface area contributed by atoms with Crippen LogP contribution in [0.25, 0.3) is 10.9 Å². The van der Waals surface area contributed by atoms with E-state index in [2.05, 4.69) is 11.6 Å². The number of H-pyrrole nitrogens is 1. The van der Waals surface area contributed by atoms with Crippen LogP contribution in [0.5, 0.6) is 0 Å². The zero-order chi connectivity index (χ0) is 13.8. The molecule has 0 radical (unpaired) electrons. The molecule has 0 fully saturated rings. The highest BCUT2D eigenvalue weighted by atomic mass is 35.5. The Morgan fingerprint density at radius 2 is 2.32 bits per heavy atom. The molecule has 0 bridgehead atoms. The number of carboxylic acids is 1. The number of benzene rings is 1. The van der Waals surface area contributed by atoms with E-state index in [4.69, 9.17) is 16.7 Å². The molecule has 0 unspecified atom stereocenters. The number of nitrogens with zero attached hydrogens (tertiary/aromatic N) is 1. The van der Waals surface area contributed by atoms with Crippen molar-refractivity contribution >= 4 is 28.5 Å². The Hall–Kier alpha value is -1.78. The lowest BCUT2D eigenvalue weighted by Crippen LogP contribution is -2.29. The van der Waals surface area contributed by atoms with Gasteiger partial charge >= 0.3 is 5.97 Å². The van der Waals surface area contributed by atoms with Gasteiger partial charge in [-0.05, 0) is 17.7 Å². The Balaban J connectivity index is 2.23. The average molecular weight is 279 g/mol. The highest BCUT2D eigenvalue weighted by Gasteiger charge is 2.11. The maximum atomic E-state index is 10.8. The van der Waals surface area contributed by atoms with Gasteiger partial charge in [-0.1, -0.05) is 23.7 Å². The predicted octanol–water partition coefficient (Wildman–Crippen LogP) is 2.89. The first-order valence-electron chi connectivity index (χ1n) is 5.90. The van der Waals surface area contributed by atoms with Crippen LogP contribution in [-0.4, -0.2) is 34.0 Å². The standard InChI is InChI=1S/C14H15ClN2O2/c1-2-5-17(9-14(18)19)8-10-7-16-13-6-11(15)3-4-12(10)13/h2-4,6-7,16H,1,5,8-9H2,(H,18,19). The molecule has 0 spiro atoms. The number of halogens is 1. The molecule has 1 aromatic heterocycles. The molecule has 0 aliphatic heterocycles. The molecule has 2 aromatic rings. The van der Waals surface area contributed by atoms with E-state index >= 15 is 0 Å². The molecule has 1 heterocycles. The van der Waals surface area contributed by atoms with Crippen LogP contribution in [0.4, 0.5) is 0 Å². The van der Waals surface area contributed by atoms with Gasteiger partial charge in [0.25, 0.3) is 0 Å². The highest BCUT2D eigenvalue weighted by Crippen LogP contribution is 2.23. The first-order valence-corrected chi connectivity index (χ1v) is 6.28. The summed E-state index contributed by atoms with van der Waals surface area (Å²) in [7, 11) is 0. The highest BCUT2D eigenvalue weighted by molar-refractivity contribution is 6.31. The van der Waals surface area contributed by atoms with Crippen LogP contribution in [0.15, 0.2) is 37.1 Å². The first kappa shape index (κ1) is 13.6. The van der Waals surface area contributed by atoms with Gasteiger partial charge in [0.15, 0.2) is 0 Å². The molecule has 0 atom stereocenters. The molecule has 1 aromatic carbocycles. The van der Waals surface area contributed by atoms with E-state index in [1.807, 2.05) is 29.3 Å². The monoisotopic (exact) mass is 278 g/mol.